The van der Waals surface area contributed by atoms with Crippen LogP contribution in [0.2, 0.25) is 0 Å². The molecule has 0 aromatic rings. The van der Waals surface area contributed by atoms with Gasteiger partial charge in [0.15, 0.2) is 0 Å². The van der Waals surface area contributed by atoms with Gasteiger partial charge in [0.05, 0.1) is 13.2 Å². The molecule has 4 heteroatoms. The normalized spacial score (nSPS) is 18.1. The fourth-order valence-corrected chi connectivity index (χ4v) is 2.20. The number of Topliss-reactive ketones (excluding diaryl/α,β-unsaturated/α-hetero) is 1. The highest BCUT2D eigenvalue weighted by Gasteiger charge is 2.36. The molecule has 4 nitrogen and oxygen atoms in total. The van der Waals surface area contributed by atoms with Gasteiger partial charge in [-0.1, -0.05) is 19.3 Å². The summed E-state index contributed by atoms with van der Waals surface area (Å²) in [6, 6.07) is 0. The van der Waals surface area contributed by atoms with Gasteiger partial charge in [-0.3, -0.25) is 0 Å². The van der Waals surface area contributed by atoms with Gasteiger partial charge < -0.3 is 19.0 Å². The third kappa shape index (κ3) is 5.94. The molecule has 18 heavy (non-hydrogen) atoms. The van der Waals surface area contributed by atoms with Crippen LogP contribution in [0, 0.1) is 0 Å². The van der Waals surface area contributed by atoms with Crippen LogP contribution in [0.5, 0.6) is 0 Å². The van der Waals surface area contributed by atoms with Crippen LogP contribution in [0.4, 0.5) is 0 Å². The number of unbranched alkanes of at least 4 members (excludes halogenated alkanes) is 4. The van der Waals surface area contributed by atoms with Gasteiger partial charge in [0.25, 0.3) is 5.97 Å². The van der Waals surface area contributed by atoms with Crippen molar-refractivity contribution in [2.75, 3.05) is 19.8 Å². The van der Waals surface area contributed by atoms with Crippen LogP contribution in [0.3, 0.4) is 0 Å². The molecule has 0 radical (unpaired) electrons. The van der Waals surface area contributed by atoms with Crippen molar-refractivity contribution < 1.29 is 19.0 Å². The number of hydrogen-bond donors (Lipinski definition) is 0. The Morgan fingerprint density at radius 2 is 1.72 bits per heavy atom. The third-order valence-corrected chi connectivity index (χ3v) is 3.10. The van der Waals surface area contributed by atoms with Crippen LogP contribution >= 0.6 is 0 Å². The van der Waals surface area contributed by atoms with Crippen molar-refractivity contribution >= 4 is 5.78 Å². The molecule has 1 aliphatic heterocycles. The second-order valence-corrected chi connectivity index (χ2v) is 4.78. The predicted octanol–water partition coefficient (Wildman–Crippen LogP) is 3.04. The molecule has 1 rings (SSSR count). The largest absolute Gasteiger partial charge is 0.328 e. The molecule has 1 fully saturated rings. The van der Waals surface area contributed by atoms with Gasteiger partial charge in [0.1, 0.15) is 5.78 Å². The molecule has 0 N–H and O–H groups in total. The van der Waals surface area contributed by atoms with Crippen molar-refractivity contribution in [1.82, 2.24) is 0 Å². The zero-order chi connectivity index (χ0) is 13.3. The Hall–Kier alpha value is -0.450. The highest BCUT2D eigenvalue weighted by atomic mass is 16.9. The zero-order valence-corrected chi connectivity index (χ0v) is 11.7. The third-order valence-electron chi connectivity index (χ3n) is 3.10. The first kappa shape index (κ1) is 15.6. The minimum Gasteiger partial charge on any atom is -0.328 e. The van der Waals surface area contributed by atoms with Crippen LogP contribution < -0.4 is 0 Å². The Morgan fingerprint density at radius 3 is 2.33 bits per heavy atom. The molecule has 0 aromatic heterocycles. The van der Waals surface area contributed by atoms with E-state index in [1.807, 2.05) is 6.92 Å². The number of hydrogen-bond acceptors (Lipinski definition) is 4. The number of ether oxygens (including phenoxy) is 3. The number of carbonyl (C=O) groups is 1. The lowest BCUT2D eigenvalue weighted by molar-refractivity contribution is -0.333. The molecule has 0 unspecified atom stereocenters. The molecule has 0 atom stereocenters. The highest BCUT2D eigenvalue weighted by molar-refractivity contribution is 5.75. The van der Waals surface area contributed by atoms with Crippen molar-refractivity contribution in [3.8, 4) is 0 Å². The van der Waals surface area contributed by atoms with E-state index in [4.69, 9.17) is 14.2 Å². The minimum absolute atomic E-state index is 0.290. The Balaban J connectivity index is 2.03. The summed E-state index contributed by atoms with van der Waals surface area (Å²) in [4.78, 5) is 10.8. The van der Waals surface area contributed by atoms with Gasteiger partial charge in [-0.2, -0.15) is 0 Å². The summed E-state index contributed by atoms with van der Waals surface area (Å²) < 4.78 is 16.7. The van der Waals surface area contributed by atoms with Gasteiger partial charge >= 0.3 is 0 Å². The van der Waals surface area contributed by atoms with Crippen molar-refractivity contribution in [2.24, 2.45) is 0 Å². The molecule has 1 aliphatic rings. The second-order valence-electron chi connectivity index (χ2n) is 4.78. The van der Waals surface area contributed by atoms with E-state index in [1.165, 1.54) is 0 Å². The monoisotopic (exact) mass is 258 g/mol. The maximum absolute atomic E-state index is 10.8. The average Bonchev–Trinajstić information content (AvgIpc) is 2.77. The molecule has 0 saturated carbocycles. The lowest BCUT2D eigenvalue weighted by Gasteiger charge is -2.26. The minimum atomic E-state index is -0.770. The van der Waals surface area contributed by atoms with Crippen LogP contribution in [0.1, 0.15) is 58.8 Å². The van der Waals surface area contributed by atoms with E-state index in [9.17, 15) is 4.79 Å². The van der Waals surface area contributed by atoms with Gasteiger partial charge in [-0.15, -0.1) is 0 Å². The summed E-state index contributed by atoms with van der Waals surface area (Å²) >= 11 is 0. The number of rotatable bonds is 10. The maximum Gasteiger partial charge on any atom is 0.283 e. The van der Waals surface area contributed by atoms with Crippen LogP contribution in [-0.4, -0.2) is 31.6 Å². The average molecular weight is 258 g/mol. The molecular formula is C14H26O4. The van der Waals surface area contributed by atoms with Gasteiger partial charge in [0.2, 0.25) is 0 Å². The van der Waals surface area contributed by atoms with E-state index >= 15 is 0 Å². The molecule has 0 aromatic carbocycles. The van der Waals surface area contributed by atoms with Gasteiger partial charge in [0, 0.05) is 19.4 Å². The van der Waals surface area contributed by atoms with E-state index in [2.05, 4.69) is 0 Å². The zero-order valence-electron chi connectivity index (χ0n) is 11.7. The van der Waals surface area contributed by atoms with E-state index < -0.39 is 5.97 Å². The summed E-state index contributed by atoms with van der Waals surface area (Å²) in [5, 5.41) is 0. The Morgan fingerprint density at radius 1 is 1.11 bits per heavy atom. The molecule has 0 amide bonds. The Labute approximate surface area is 110 Å². The topological polar surface area (TPSA) is 44.8 Å². The van der Waals surface area contributed by atoms with Crippen molar-refractivity contribution in [3.05, 3.63) is 0 Å². The van der Waals surface area contributed by atoms with Gasteiger partial charge in [-0.05, 0) is 26.7 Å². The second kappa shape index (κ2) is 8.62. The van der Waals surface area contributed by atoms with Gasteiger partial charge in [-0.25, -0.2) is 0 Å². The first-order valence-electron chi connectivity index (χ1n) is 7.10. The highest BCUT2D eigenvalue weighted by Crippen LogP contribution is 2.27. The van der Waals surface area contributed by atoms with Crippen molar-refractivity contribution in [3.63, 3.8) is 0 Å². The molecule has 1 heterocycles. The molecule has 106 valence electrons. The lowest BCUT2D eigenvalue weighted by Crippen LogP contribution is -2.33. The summed E-state index contributed by atoms with van der Waals surface area (Å²) in [7, 11) is 0. The summed E-state index contributed by atoms with van der Waals surface area (Å²) in [6.07, 6.45) is 7.00. The molecule has 0 spiro atoms. The molecule has 0 aliphatic carbocycles. The maximum atomic E-state index is 10.8. The predicted molar refractivity (Wildman–Crippen MR) is 69.3 cm³/mol. The van der Waals surface area contributed by atoms with E-state index in [0.29, 0.717) is 19.8 Å². The SMILES string of the molecule is CCOC1(CCCCCCCC(C)=O)OCCO1. The van der Waals surface area contributed by atoms with E-state index in [-0.39, 0.29) is 5.78 Å². The summed E-state index contributed by atoms with van der Waals surface area (Å²) in [5.74, 6) is -0.480. The van der Waals surface area contributed by atoms with Crippen LogP contribution in [0.15, 0.2) is 0 Å². The quantitative estimate of drug-likeness (QED) is 0.565. The first-order chi connectivity index (χ1) is 8.68. The van der Waals surface area contributed by atoms with Crippen LogP contribution in [-0.2, 0) is 19.0 Å². The summed E-state index contributed by atoms with van der Waals surface area (Å²) in [6.45, 7) is 5.46. The van der Waals surface area contributed by atoms with Crippen LogP contribution in [0.25, 0.3) is 0 Å². The molecular weight excluding hydrogens is 232 g/mol. The first-order valence-corrected chi connectivity index (χ1v) is 7.10. The smallest absolute Gasteiger partial charge is 0.283 e. The molecule has 1 saturated heterocycles. The number of carbonyl (C=O) groups excluding carboxylic acids is 1. The molecule has 0 bridgehead atoms. The van der Waals surface area contributed by atoms with Crippen molar-refractivity contribution in [1.29, 1.82) is 0 Å². The fraction of sp³-hybridized carbons (Fsp3) is 0.929. The van der Waals surface area contributed by atoms with E-state index in [0.717, 1.165) is 44.9 Å². The standard InChI is InChI=1S/C14H26O4/c1-3-16-14(17-11-12-18-14)10-8-6-4-5-7-9-13(2)15/h3-12H2,1-2H3. The summed E-state index contributed by atoms with van der Waals surface area (Å²) in [5.41, 5.74) is 0. The number of ketones is 1. The van der Waals surface area contributed by atoms with E-state index in [1.54, 1.807) is 6.92 Å². The fourth-order valence-electron chi connectivity index (χ4n) is 2.20. The Bertz CT molecular complexity index is 234. The Kier molecular flexibility index (Phi) is 7.47. The van der Waals surface area contributed by atoms with Crippen molar-refractivity contribution in [2.45, 2.75) is 64.8 Å². The lowest BCUT2D eigenvalue weighted by atomic mass is 10.1.